The molecule has 1 amide bonds. The minimum atomic E-state index is -0.270. The van der Waals surface area contributed by atoms with Crippen LogP contribution in [0.3, 0.4) is 0 Å². The topological polar surface area (TPSA) is 32.3 Å². The lowest BCUT2D eigenvalue weighted by Crippen LogP contribution is -2.28. The smallest absolute Gasteiger partial charge is 0.223 e. The lowest BCUT2D eigenvalue weighted by atomic mass is 10.2. The zero-order valence-electron chi connectivity index (χ0n) is 10.1. The predicted octanol–water partition coefficient (Wildman–Crippen LogP) is 1.82. The van der Waals surface area contributed by atoms with Crippen LogP contribution in [0.4, 0.5) is 4.39 Å². The third-order valence-corrected chi connectivity index (χ3v) is 2.32. The Hall–Kier alpha value is -1.13. The molecule has 0 spiro atoms. The predicted molar refractivity (Wildman–Crippen MR) is 68.7 cm³/mol. The molecule has 0 radical (unpaired) electrons. The first-order chi connectivity index (χ1) is 7.63. The second kappa shape index (κ2) is 8.03. The van der Waals surface area contributed by atoms with E-state index in [1.54, 1.807) is 25.1 Å². The number of amides is 1. The maximum absolute atomic E-state index is 12.9. The monoisotopic (exact) mass is 260 g/mol. The molecule has 96 valence electrons. The summed E-state index contributed by atoms with van der Waals surface area (Å²) in [7, 11) is 3.53. The second-order valence-electron chi connectivity index (χ2n) is 3.73. The number of carbonyl (C=O) groups excluding carboxylic acids is 1. The highest BCUT2D eigenvalue weighted by Crippen LogP contribution is 2.06. The molecule has 1 aromatic carbocycles. The molecule has 1 N–H and O–H groups in total. The van der Waals surface area contributed by atoms with E-state index in [9.17, 15) is 9.18 Å². The molecule has 0 unspecified atom stereocenters. The van der Waals surface area contributed by atoms with Crippen molar-refractivity contribution in [2.75, 3.05) is 20.6 Å². The zero-order chi connectivity index (χ0) is 12.0. The van der Waals surface area contributed by atoms with E-state index in [0.717, 1.165) is 5.56 Å². The average molecular weight is 261 g/mol. The molecule has 0 atom stereocenters. The van der Waals surface area contributed by atoms with E-state index in [2.05, 4.69) is 5.32 Å². The van der Waals surface area contributed by atoms with E-state index >= 15 is 0 Å². The molecule has 17 heavy (non-hydrogen) atoms. The molecular weight excluding hydrogens is 243 g/mol. The summed E-state index contributed by atoms with van der Waals surface area (Å²) in [4.78, 5) is 13.2. The molecule has 0 aliphatic heterocycles. The highest BCUT2D eigenvalue weighted by molar-refractivity contribution is 5.85. The number of halogens is 2. The van der Waals surface area contributed by atoms with Gasteiger partial charge in [-0.3, -0.25) is 4.79 Å². The van der Waals surface area contributed by atoms with Gasteiger partial charge in [-0.2, -0.15) is 0 Å². The van der Waals surface area contributed by atoms with Crippen LogP contribution in [0.1, 0.15) is 12.0 Å². The van der Waals surface area contributed by atoms with E-state index in [1.807, 2.05) is 6.07 Å². The van der Waals surface area contributed by atoms with Crippen LogP contribution in [0.5, 0.6) is 0 Å². The normalized spacial score (nSPS) is 9.59. The first-order valence-corrected chi connectivity index (χ1v) is 5.26. The first kappa shape index (κ1) is 15.9. The van der Waals surface area contributed by atoms with Gasteiger partial charge >= 0.3 is 0 Å². The third-order valence-electron chi connectivity index (χ3n) is 2.32. The summed E-state index contributed by atoms with van der Waals surface area (Å²) < 4.78 is 12.9. The summed E-state index contributed by atoms with van der Waals surface area (Å²) in [6, 6.07) is 6.30. The van der Waals surface area contributed by atoms with Crippen LogP contribution in [0.2, 0.25) is 0 Å². The van der Waals surface area contributed by atoms with Gasteiger partial charge in [0, 0.05) is 26.6 Å². The van der Waals surface area contributed by atoms with Crippen molar-refractivity contribution in [2.45, 2.75) is 13.0 Å². The Morgan fingerprint density at radius 3 is 2.76 bits per heavy atom. The largest absolute Gasteiger partial charge is 0.341 e. The van der Waals surface area contributed by atoms with Crippen molar-refractivity contribution in [1.82, 2.24) is 10.2 Å². The number of hydrogen-bond donors (Lipinski definition) is 1. The SMILES string of the molecule is CNCCC(=O)N(C)Cc1cccc(F)c1.Cl. The van der Waals surface area contributed by atoms with E-state index < -0.39 is 0 Å². The van der Waals surface area contributed by atoms with Crippen molar-refractivity contribution in [1.29, 1.82) is 0 Å². The van der Waals surface area contributed by atoms with Gasteiger partial charge in [0.2, 0.25) is 5.91 Å². The molecule has 0 aliphatic carbocycles. The molecule has 0 fully saturated rings. The maximum atomic E-state index is 12.9. The van der Waals surface area contributed by atoms with Gasteiger partial charge in [-0.1, -0.05) is 12.1 Å². The molecule has 1 aromatic rings. The van der Waals surface area contributed by atoms with Gasteiger partial charge in [-0.15, -0.1) is 12.4 Å². The van der Waals surface area contributed by atoms with E-state index in [-0.39, 0.29) is 24.1 Å². The summed E-state index contributed by atoms with van der Waals surface area (Å²) >= 11 is 0. The lowest BCUT2D eigenvalue weighted by molar-refractivity contribution is -0.130. The van der Waals surface area contributed by atoms with Crippen LogP contribution in [-0.4, -0.2) is 31.4 Å². The minimum Gasteiger partial charge on any atom is -0.341 e. The van der Waals surface area contributed by atoms with Crippen molar-refractivity contribution in [2.24, 2.45) is 0 Å². The Labute approximate surface area is 107 Å². The van der Waals surface area contributed by atoms with Crippen LogP contribution in [-0.2, 0) is 11.3 Å². The number of benzene rings is 1. The molecule has 5 heteroatoms. The van der Waals surface area contributed by atoms with Crippen molar-refractivity contribution >= 4 is 18.3 Å². The molecule has 0 heterocycles. The first-order valence-electron chi connectivity index (χ1n) is 5.26. The average Bonchev–Trinajstić information content (AvgIpc) is 2.25. The molecule has 0 aliphatic rings. The summed E-state index contributed by atoms with van der Waals surface area (Å²) in [6.45, 7) is 1.10. The van der Waals surface area contributed by atoms with Crippen LogP contribution in [0.25, 0.3) is 0 Å². The van der Waals surface area contributed by atoms with Gasteiger partial charge in [0.25, 0.3) is 0 Å². The van der Waals surface area contributed by atoms with Gasteiger partial charge in [-0.25, -0.2) is 4.39 Å². The van der Waals surface area contributed by atoms with Gasteiger partial charge in [-0.05, 0) is 24.7 Å². The Kier molecular flexibility index (Phi) is 7.50. The molecule has 3 nitrogen and oxygen atoms in total. The van der Waals surface area contributed by atoms with Gasteiger partial charge < -0.3 is 10.2 Å². The van der Waals surface area contributed by atoms with Crippen molar-refractivity contribution in [3.63, 3.8) is 0 Å². The second-order valence-corrected chi connectivity index (χ2v) is 3.73. The summed E-state index contributed by atoms with van der Waals surface area (Å²) in [5.41, 5.74) is 0.806. The van der Waals surface area contributed by atoms with Crippen molar-refractivity contribution in [3.05, 3.63) is 35.6 Å². The summed E-state index contributed by atoms with van der Waals surface area (Å²) in [5, 5.41) is 2.92. The standard InChI is InChI=1S/C12H17FN2O.ClH/c1-14-7-6-12(16)15(2)9-10-4-3-5-11(13)8-10;/h3-5,8,14H,6-7,9H2,1-2H3;1H. The molecular formula is C12H18ClFN2O. The van der Waals surface area contributed by atoms with E-state index in [4.69, 9.17) is 0 Å². The fourth-order valence-corrected chi connectivity index (χ4v) is 1.42. The fourth-order valence-electron chi connectivity index (χ4n) is 1.42. The number of rotatable bonds is 5. The molecule has 0 saturated heterocycles. The molecule has 1 rings (SSSR count). The van der Waals surface area contributed by atoms with Crippen LogP contribution < -0.4 is 5.32 Å². The molecule has 0 bridgehead atoms. The van der Waals surface area contributed by atoms with Crippen LogP contribution in [0, 0.1) is 5.82 Å². The Morgan fingerprint density at radius 1 is 1.47 bits per heavy atom. The molecule has 0 saturated carbocycles. The fraction of sp³-hybridized carbons (Fsp3) is 0.417. The lowest BCUT2D eigenvalue weighted by Gasteiger charge is -2.17. The number of nitrogens with one attached hydrogen (secondary N) is 1. The quantitative estimate of drug-likeness (QED) is 0.876. The minimum absolute atomic E-state index is 0. The number of nitrogens with zero attached hydrogens (tertiary/aromatic N) is 1. The van der Waals surface area contributed by atoms with Gasteiger partial charge in [0.05, 0.1) is 0 Å². The summed E-state index contributed by atoms with van der Waals surface area (Å²) in [5.74, 6) is -0.216. The van der Waals surface area contributed by atoms with Crippen molar-refractivity contribution in [3.8, 4) is 0 Å². The highest BCUT2D eigenvalue weighted by atomic mass is 35.5. The van der Waals surface area contributed by atoms with Gasteiger partial charge in [0.15, 0.2) is 0 Å². The highest BCUT2D eigenvalue weighted by Gasteiger charge is 2.08. The third kappa shape index (κ3) is 5.65. The van der Waals surface area contributed by atoms with Crippen LogP contribution in [0.15, 0.2) is 24.3 Å². The Balaban J connectivity index is 0.00000256. The number of hydrogen-bond acceptors (Lipinski definition) is 2. The van der Waals surface area contributed by atoms with E-state index in [1.165, 1.54) is 12.1 Å². The maximum Gasteiger partial charge on any atom is 0.223 e. The molecule has 0 aromatic heterocycles. The van der Waals surface area contributed by atoms with E-state index in [0.29, 0.717) is 19.5 Å². The Bertz CT molecular complexity index is 360. The Morgan fingerprint density at radius 2 is 2.18 bits per heavy atom. The zero-order valence-corrected chi connectivity index (χ0v) is 10.9. The number of carbonyl (C=O) groups is 1. The summed E-state index contributed by atoms with van der Waals surface area (Å²) in [6.07, 6.45) is 0.461. The van der Waals surface area contributed by atoms with Gasteiger partial charge in [0.1, 0.15) is 5.82 Å². The van der Waals surface area contributed by atoms with Crippen molar-refractivity contribution < 1.29 is 9.18 Å². The van der Waals surface area contributed by atoms with Crippen LogP contribution >= 0.6 is 12.4 Å².